The van der Waals surface area contributed by atoms with Gasteiger partial charge in [-0.2, -0.15) is 0 Å². The van der Waals surface area contributed by atoms with Gasteiger partial charge in [0.1, 0.15) is 11.6 Å². The monoisotopic (exact) mass is 546 g/mol. The number of rotatable bonds is 6. The molecular weight excluding hydrogens is 488 g/mol. The van der Waals surface area contributed by atoms with Crippen molar-refractivity contribution < 1.29 is 19.2 Å². The van der Waals surface area contributed by atoms with Gasteiger partial charge in [0.2, 0.25) is 11.8 Å². The van der Waals surface area contributed by atoms with Crippen LogP contribution in [0.3, 0.4) is 0 Å². The van der Waals surface area contributed by atoms with Gasteiger partial charge < -0.3 is 15.4 Å². The van der Waals surface area contributed by atoms with Crippen LogP contribution in [0.25, 0.3) is 0 Å². The summed E-state index contributed by atoms with van der Waals surface area (Å²) in [5.74, 6) is -0.0422. The summed E-state index contributed by atoms with van der Waals surface area (Å²) in [7, 11) is 0. The zero-order valence-corrected chi connectivity index (χ0v) is 26.7. The summed E-state index contributed by atoms with van der Waals surface area (Å²) in [4.78, 5) is 41.4. The van der Waals surface area contributed by atoms with Gasteiger partial charge in [-0.15, -0.1) is 0 Å². The Kier molecular flexibility index (Phi) is 48.9. The molecule has 0 aliphatic carbocycles. The van der Waals surface area contributed by atoms with Crippen LogP contribution in [0.15, 0.2) is 66.7 Å². The fourth-order valence-electron chi connectivity index (χ4n) is 1.72. The van der Waals surface area contributed by atoms with Crippen molar-refractivity contribution in [2.45, 2.75) is 108 Å². The SMILES string of the molecule is CC.CC(=O)CC(=O)NCc1ccccc1.CCC.CCC.CCC(C)=O.CCNC(C)=O.c1ccccc1. The number of nitrogens with one attached hydrogen (secondary N) is 2. The van der Waals surface area contributed by atoms with E-state index in [0.29, 0.717) is 13.0 Å². The zero-order valence-electron chi connectivity index (χ0n) is 26.7. The van der Waals surface area contributed by atoms with Gasteiger partial charge in [0.15, 0.2) is 0 Å². The number of carbonyl (C=O) groups excluding carboxylic acids is 4. The lowest BCUT2D eigenvalue weighted by Crippen LogP contribution is -2.24. The molecule has 2 amide bonds. The number of ketones is 2. The van der Waals surface area contributed by atoms with E-state index in [9.17, 15) is 19.2 Å². The Bertz CT molecular complexity index is 735. The van der Waals surface area contributed by atoms with E-state index >= 15 is 0 Å². The molecule has 0 atom stereocenters. The first kappa shape index (κ1) is 45.6. The Labute approximate surface area is 240 Å². The van der Waals surface area contributed by atoms with E-state index in [1.165, 1.54) is 26.7 Å². The van der Waals surface area contributed by atoms with Gasteiger partial charge in [0, 0.05) is 26.4 Å². The van der Waals surface area contributed by atoms with Gasteiger partial charge in [-0.1, -0.05) is 128 Å². The lowest BCUT2D eigenvalue weighted by molar-refractivity contribution is -0.127. The highest BCUT2D eigenvalue weighted by molar-refractivity contribution is 5.96. The highest BCUT2D eigenvalue weighted by atomic mass is 16.2. The Balaban J connectivity index is -0.000000130. The Morgan fingerprint density at radius 2 is 0.923 bits per heavy atom. The molecule has 6 nitrogen and oxygen atoms in total. The molecule has 0 saturated carbocycles. The molecule has 0 saturated heterocycles. The molecule has 0 heterocycles. The van der Waals surface area contributed by atoms with Gasteiger partial charge in [-0.25, -0.2) is 0 Å². The van der Waals surface area contributed by atoms with Crippen molar-refractivity contribution in [2.24, 2.45) is 0 Å². The molecule has 0 fully saturated rings. The van der Waals surface area contributed by atoms with E-state index in [1.54, 1.807) is 6.92 Å². The number of amides is 2. The number of carbonyl (C=O) groups is 4. The second-order valence-corrected chi connectivity index (χ2v) is 7.85. The normalized spacial score (nSPS) is 7.87. The predicted octanol–water partition coefficient (Wildman–Crippen LogP) is 7.96. The largest absolute Gasteiger partial charge is 0.357 e. The molecule has 2 aromatic carbocycles. The summed E-state index contributed by atoms with van der Waals surface area (Å²) in [6, 6.07) is 21.6. The summed E-state index contributed by atoms with van der Waals surface area (Å²) in [6.45, 7) is 21.9. The van der Waals surface area contributed by atoms with Gasteiger partial charge >= 0.3 is 0 Å². The van der Waals surface area contributed by atoms with Crippen LogP contribution in [-0.2, 0) is 25.7 Å². The van der Waals surface area contributed by atoms with Crippen LogP contribution < -0.4 is 10.6 Å². The Hall–Kier alpha value is -3.28. The zero-order chi connectivity index (χ0) is 31.3. The lowest BCUT2D eigenvalue weighted by atomic mass is 10.2. The Morgan fingerprint density at radius 3 is 1.15 bits per heavy atom. The fourth-order valence-corrected chi connectivity index (χ4v) is 1.72. The summed E-state index contributed by atoms with van der Waals surface area (Å²) in [5, 5.41) is 5.24. The van der Waals surface area contributed by atoms with Gasteiger partial charge in [0.05, 0.1) is 6.42 Å². The maximum absolute atomic E-state index is 11.1. The molecule has 0 aliphatic rings. The van der Waals surface area contributed by atoms with Crippen molar-refractivity contribution in [1.82, 2.24) is 10.6 Å². The minimum absolute atomic E-state index is 0.0349. The van der Waals surface area contributed by atoms with Crippen LogP contribution in [0.4, 0.5) is 0 Å². The van der Waals surface area contributed by atoms with Crippen molar-refractivity contribution in [3.8, 4) is 0 Å². The molecule has 2 aromatic rings. The topological polar surface area (TPSA) is 92.3 Å². The smallest absolute Gasteiger partial charge is 0.227 e. The molecule has 0 aliphatic heterocycles. The standard InChI is InChI=1S/C11H13NO2.C6H6.C4H9NO.C4H8O.2C3H8.C2H6/c1-9(13)7-11(14)12-8-10-5-3-2-4-6-10;1-2-4-6-5-3-1;1-3-5-4(2)6;1-3-4(2)5;2*1-3-2;1-2/h2-6H,7-8H2,1H3,(H,12,14);1-6H;3H2,1-2H3,(H,5,6);3H2,1-2H3;2*3H2,1-2H3;1-2H3. The Morgan fingerprint density at radius 1 is 0.590 bits per heavy atom. The van der Waals surface area contributed by atoms with Crippen molar-refractivity contribution in [3.63, 3.8) is 0 Å². The molecule has 2 N–H and O–H groups in total. The van der Waals surface area contributed by atoms with Crippen molar-refractivity contribution in [3.05, 3.63) is 72.3 Å². The molecule has 0 spiro atoms. The summed E-state index contributed by atoms with van der Waals surface area (Å²) in [6.07, 6.45) is 3.13. The van der Waals surface area contributed by atoms with Crippen molar-refractivity contribution in [2.75, 3.05) is 6.54 Å². The van der Waals surface area contributed by atoms with Crippen LogP contribution in [0.2, 0.25) is 0 Å². The first-order valence-corrected chi connectivity index (χ1v) is 14.1. The molecule has 39 heavy (non-hydrogen) atoms. The number of hydrogen-bond acceptors (Lipinski definition) is 4. The van der Waals surface area contributed by atoms with E-state index in [-0.39, 0.29) is 29.8 Å². The fraction of sp³-hybridized carbons (Fsp3) is 0.515. The maximum Gasteiger partial charge on any atom is 0.227 e. The number of hydrogen-bond donors (Lipinski definition) is 2. The minimum Gasteiger partial charge on any atom is -0.357 e. The van der Waals surface area contributed by atoms with Crippen molar-refractivity contribution in [1.29, 1.82) is 0 Å². The lowest BCUT2D eigenvalue weighted by Gasteiger charge is -2.03. The molecule has 0 unspecified atom stereocenters. The average Bonchev–Trinajstić information content (AvgIpc) is 2.92. The van der Waals surface area contributed by atoms with Crippen LogP contribution in [0.1, 0.15) is 107 Å². The molecule has 224 valence electrons. The summed E-state index contributed by atoms with van der Waals surface area (Å²) in [5.41, 5.74) is 1.03. The second kappa shape index (κ2) is 41.8. The predicted molar refractivity (Wildman–Crippen MR) is 169 cm³/mol. The maximum atomic E-state index is 11.1. The third-order valence-corrected chi connectivity index (χ3v) is 3.33. The third kappa shape index (κ3) is 60.8. The minimum atomic E-state index is -0.221. The molecule has 0 bridgehead atoms. The first-order valence-electron chi connectivity index (χ1n) is 14.1. The van der Waals surface area contributed by atoms with E-state index < -0.39 is 0 Å². The molecule has 0 aromatic heterocycles. The van der Waals surface area contributed by atoms with E-state index in [4.69, 9.17) is 0 Å². The quantitative estimate of drug-likeness (QED) is 0.360. The molecule has 2 rings (SSSR count). The van der Waals surface area contributed by atoms with Gasteiger partial charge in [-0.05, 0) is 26.3 Å². The summed E-state index contributed by atoms with van der Waals surface area (Å²) < 4.78 is 0. The van der Waals surface area contributed by atoms with Crippen LogP contribution in [0.5, 0.6) is 0 Å². The van der Waals surface area contributed by atoms with Crippen molar-refractivity contribution >= 4 is 23.4 Å². The molecule has 0 radical (unpaired) electrons. The van der Waals surface area contributed by atoms with Crippen LogP contribution in [0, 0.1) is 0 Å². The number of benzene rings is 2. The summed E-state index contributed by atoms with van der Waals surface area (Å²) >= 11 is 0. The van der Waals surface area contributed by atoms with Gasteiger partial charge in [0.25, 0.3) is 0 Å². The first-order chi connectivity index (χ1) is 18.6. The molecular formula is C33H58N2O4. The van der Waals surface area contributed by atoms with E-state index in [2.05, 4.69) is 38.3 Å². The number of Topliss-reactive ketones (excluding diaryl/α,β-unsaturated/α-hetero) is 2. The molecule has 6 heteroatoms. The van der Waals surface area contributed by atoms with Crippen LogP contribution in [-0.4, -0.2) is 29.9 Å². The van der Waals surface area contributed by atoms with E-state index in [1.807, 2.05) is 94.4 Å². The highest BCUT2D eigenvalue weighted by Crippen LogP contribution is 1.97. The second-order valence-electron chi connectivity index (χ2n) is 7.85. The average molecular weight is 547 g/mol. The van der Waals surface area contributed by atoms with E-state index in [0.717, 1.165) is 12.1 Å². The highest BCUT2D eigenvalue weighted by Gasteiger charge is 2.03. The third-order valence-electron chi connectivity index (χ3n) is 3.33. The van der Waals surface area contributed by atoms with Crippen LogP contribution >= 0.6 is 0 Å². The van der Waals surface area contributed by atoms with Gasteiger partial charge in [-0.3, -0.25) is 14.4 Å².